The van der Waals surface area contributed by atoms with Crippen molar-refractivity contribution in [3.8, 4) is 0 Å². The van der Waals surface area contributed by atoms with Gasteiger partial charge in [-0.05, 0) is 36.8 Å². The van der Waals surface area contributed by atoms with Crippen molar-refractivity contribution in [3.63, 3.8) is 0 Å². The highest BCUT2D eigenvalue weighted by Crippen LogP contribution is 2.22. The summed E-state index contributed by atoms with van der Waals surface area (Å²) in [5.41, 5.74) is 1.54. The van der Waals surface area contributed by atoms with Crippen molar-refractivity contribution in [2.24, 2.45) is 0 Å². The van der Waals surface area contributed by atoms with Crippen LogP contribution in [0.4, 0.5) is 16.2 Å². The molecule has 3 N–H and O–H groups in total. The summed E-state index contributed by atoms with van der Waals surface area (Å²) in [6.45, 7) is 1.63. The fourth-order valence-corrected chi connectivity index (χ4v) is 2.02. The third-order valence-electron chi connectivity index (χ3n) is 2.93. The highest BCUT2D eigenvalue weighted by molar-refractivity contribution is 6.33. The zero-order chi connectivity index (χ0) is 15.4. The van der Waals surface area contributed by atoms with E-state index in [0.29, 0.717) is 22.0 Å². The molecular weight excluding hydrogens is 292 g/mol. The first-order valence-corrected chi connectivity index (χ1v) is 6.52. The van der Waals surface area contributed by atoms with Crippen molar-refractivity contribution >= 4 is 35.0 Å². The normalized spacial score (nSPS) is 10.0. The smallest absolute Gasteiger partial charge is 0.336 e. The van der Waals surface area contributed by atoms with Gasteiger partial charge in [0.1, 0.15) is 0 Å². The van der Waals surface area contributed by atoms with Crippen molar-refractivity contribution in [2.45, 2.75) is 6.92 Å². The zero-order valence-electron chi connectivity index (χ0n) is 11.2. The number of urea groups is 1. The number of benzene rings is 2. The Morgan fingerprint density at radius 3 is 2.29 bits per heavy atom. The van der Waals surface area contributed by atoms with E-state index in [0.717, 1.165) is 0 Å². The molecule has 0 fully saturated rings. The van der Waals surface area contributed by atoms with Crippen LogP contribution in [0, 0.1) is 6.92 Å². The van der Waals surface area contributed by atoms with Crippen LogP contribution in [0.3, 0.4) is 0 Å². The minimum atomic E-state index is -1.04. The molecule has 0 radical (unpaired) electrons. The molecule has 2 aromatic carbocycles. The second kappa shape index (κ2) is 6.28. The summed E-state index contributed by atoms with van der Waals surface area (Å²) in [6.07, 6.45) is 0. The van der Waals surface area contributed by atoms with Gasteiger partial charge in [-0.3, -0.25) is 0 Å². The maximum atomic E-state index is 11.9. The average molecular weight is 305 g/mol. The predicted molar refractivity (Wildman–Crippen MR) is 82.2 cm³/mol. The van der Waals surface area contributed by atoms with Gasteiger partial charge in [-0.15, -0.1) is 0 Å². The van der Waals surface area contributed by atoms with E-state index in [9.17, 15) is 9.59 Å². The molecule has 0 bridgehead atoms. The van der Waals surface area contributed by atoms with Gasteiger partial charge in [-0.2, -0.15) is 0 Å². The number of hydrogen-bond donors (Lipinski definition) is 3. The van der Waals surface area contributed by atoms with Gasteiger partial charge in [-0.25, -0.2) is 9.59 Å². The molecule has 0 aliphatic carbocycles. The number of carboxylic acid groups (broad SMARTS) is 1. The second-order valence-electron chi connectivity index (χ2n) is 4.34. The summed E-state index contributed by atoms with van der Waals surface area (Å²) in [6, 6.07) is 11.0. The van der Waals surface area contributed by atoms with Crippen LogP contribution in [0.5, 0.6) is 0 Å². The molecule has 0 aliphatic heterocycles. The van der Waals surface area contributed by atoms with E-state index in [2.05, 4.69) is 10.6 Å². The first-order valence-electron chi connectivity index (χ1n) is 6.14. The Bertz CT molecular complexity index is 701. The first-order chi connectivity index (χ1) is 9.99. The molecule has 6 heteroatoms. The SMILES string of the molecule is Cc1c(NC(=O)Nc2ccccc2Cl)cccc1C(=O)O. The molecule has 0 aliphatic rings. The topological polar surface area (TPSA) is 78.4 Å². The second-order valence-corrected chi connectivity index (χ2v) is 4.75. The van der Waals surface area contributed by atoms with E-state index in [1.807, 2.05) is 0 Å². The number of nitrogens with one attached hydrogen (secondary N) is 2. The van der Waals surface area contributed by atoms with Gasteiger partial charge in [0, 0.05) is 5.69 Å². The van der Waals surface area contributed by atoms with Crippen molar-refractivity contribution in [1.29, 1.82) is 0 Å². The number of anilines is 2. The number of aromatic carboxylic acids is 1. The highest BCUT2D eigenvalue weighted by Gasteiger charge is 2.12. The van der Waals surface area contributed by atoms with Gasteiger partial charge in [-0.1, -0.05) is 29.8 Å². The fraction of sp³-hybridized carbons (Fsp3) is 0.0667. The van der Waals surface area contributed by atoms with Gasteiger partial charge in [0.25, 0.3) is 0 Å². The zero-order valence-corrected chi connectivity index (χ0v) is 11.9. The molecule has 0 saturated heterocycles. The molecule has 0 aromatic heterocycles. The first kappa shape index (κ1) is 14.9. The highest BCUT2D eigenvalue weighted by atomic mass is 35.5. The van der Waals surface area contributed by atoms with Gasteiger partial charge >= 0.3 is 12.0 Å². The van der Waals surface area contributed by atoms with E-state index >= 15 is 0 Å². The van der Waals surface area contributed by atoms with E-state index < -0.39 is 12.0 Å². The Morgan fingerprint density at radius 1 is 1.00 bits per heavy atom. The van der Waals surface area contributed by atoms with Crippen LogP contribution in [0.25, 0.3) is 0 Å². The molecule has 5 nitrogen and oxygen atoms in total. The molecule has 108 valence electrons. The minimum absolute atomic E-state index is 0.144. The lowest BCUT2D eigenvalue weighted by atomic mass is 10.1. The molecular formula is C15H13ClN2O3. The number of carboxylic acids is 1. The van der Waals surface area contributed by atoms with Crippen LogP contribution >= 0.6 is 11.6 Å². The van der Waals surface area contributed by atoms with Crippen LogP contribution in [0.1, 0.15) is 15.9 Å². The summed E-state index contributed by atoms with van der Waals surface area (Å²) in [7, 11) is 0. The fourth-order valence-electron chi connectivity index (χ4n) is 1.84. The third-order valence-corrected chi connectivity index (χ3v) is 3.26. The molecule has 0 saturated carbocycles. The number of rotatable bonds is 3. The lowest BCUT2D eigenvalue weighted by Crippen LogP contribution is -2.20. The van der Waals surface area contributed by atoms with Crippen LogP contribution < -0.4 is 10.6 Å². The summed E-state index contributed by atoms with van der Waals surface area (Å²) in [5.74, 6) is -1.04. The van der Waals surface area contributed by atoms with Crippen molar-refractivity contribution in [2.75, 3.05) is 10.6 Å². The monoisotopic (exact) mass is 304 g/mol. The average Bonchev–Trinajstić information content (AvgIpc) is 2.43. The number of halogens is 1. The quantitative estimate of drug-likeness (QED) is 0.802. The molecule has 2 aromatic rings. The standard InChI is InChI=1S/C15H13ClN2O3/c1-9-10(14(19)20)5-4-8-12(9)17-15(21)18-13-7-3-2-6-11(13)16/h2-8H,1H3,(H,19,20)(H2,17,18,21). The number of para-hydroxylation sites is 1. The van der Waals surface area contributed by atoms with E-state index in [4.69, 9.17) is 16.7 Å². The van der Waals surface area contributed by atoms with E-state index in [-0.39, 0.29) is 5.56 Å². The molecule has 2 amide bonds. The Labute approximate surface area is 126 Å². The maximum Gasteiger partial charge on any atom is 0.336 e. The Morgan fingerprint density at radius 2 is 1.62 bits per heavy atom. The Kier molecular flexibility index (Phi) is 4.45. The molecule has 0 unspecified atom stereocenters. The van der Waals surface area contributed by atoms with Crippen molar-refractivity contribution in [3.05, 3.63) is 58.6 Å². The largest absolute Gasteiger partial charge is 0.478 e. The van der Waals surface area contributed by atoms with Gasteiger partial charge in [0.05, 0.1) is 16.3 Å². The van der Waals surface area contributed by atoms with Crippen LogP contribution in [0.2, 0.25) is 5.02 Å². The molecule has 21 heavy (non-hydrogen) atoms. The molecule has 2 rings (SSSR count). The van der Waals surface area contributed by atoms with Crippen molar-refractivity contribution in [1.82, 2.24) is 0 Å². The van der Waals surface area contributed by atoms with Gasteiger partial charge in [0.15, 0.2) is 0 Å². The van der Waals surface area contributed by atoms with Crippen LogP contribution in [0.15, 0.2) is 42.5 Å². The number of carbonyl (C=O) groups is 2. The summed E-state index contributed by atoms with van der Waals surface area (Å²) in [4.78, 5) is 23.0. The lowest BCUT2D eigenvalue weighted by Gasteiger charge is -2.12. The number of carbonyl (C=O) groups excluding carboxylic acids is 1. The van der Waals surface area contributed by atoms with Crippen LogP contribution in [-0.4, -0.2) is 17.1 Å². The van der Waals surface area contributed by atoms with Crippen molar-refractivity contribution < 1.29 is 14.7 Å². The maximum absolute atomic E-state index is 11.9. The summed E-state index contributed by atoms with van der Waals surface area (Å²) in [5, 5.41) is 14.7. The lowest BCUT2D eigenvalue weighted by molar-refractivity contribution is 0.0696. The molecule has 0 spiro atoms. The predicted octanol–water partition coefficient (Wildman–Crippen LogP) is 3.99. The van der Waals surface area contributed by atoms with Crippen LogP contribution in [-0.2, 0) is 0 Å². The Balaban J connectivity index is 2.15. The van der Waals surface area contributed by atoms with Gasteiger partial charge < -0.3 is 15.7 Å². The van der Waals surface area contributed by atoms with E-state index in [1.54, 1.807) is 43.3 Å². The Hall–Kier alpha value is -2.53. The van der Waals surface area contributed by atoms with E-state index in [1.165, 1.54) is 6.07 Å². The number of amides is 2. The summed E-state index contributed by atoms with van der Waals surface area (Å²) < 4.78 is 0. The van der Waals surface area contributed by atoms with Gasteiger partial charge in [0.2, 0.25) is 0 Å². The number of hydrogen-bond acceptors (Lipinski definition) is 2. The molecule has 0 heterocycles. The summed E-state index contributed by atoms with van der Waals surface area (Å²) >= 11 is 5.95. The minimum Gasteiger partial charge on any atom is -0.478 e. The third kappa shape index (κ3) is 3.52. The molecule has 0 atom stereocenters.